The zero-order valence-corrected chi connectivity index (χ0v) is 12.1. The average molecular weight is 294 g/mol. The van der Waals surface area contributed by atoms with E-state index >= 15 is 0 Å². The van der Waals surface area contributed by atoms with Gasteiger partial charge in [-0.2, -0.15) is 0 Å². The number of carbonyl (C=O) groups is 1. The number of nitrogens with zero attached hydrogens (tertiary/aromatic N) is 1. The van der Waals surface area contributed by atoms with Gasteiger partial charge in [0.05, 0.1) is 0 Å². The second kappa shape index (κ2) is 6.33. The molecule has 4 heteroatoms. The number of aromatic nitrogens is 1. The summed E-state index contributed by atoms with van der Waals surface area (Å²) in [6.45, 7) is 0.512. The Morgan fingerprint density at radius 2 is 1.67 bits per heavy atom. The number of hydrogen-bond donors (Lipinski definition) is 1. The fourth-order valence-corrected chi connectivity index (χ4v) is 2.77. The third kappa shape index (κ3) is 3.35. The van der Waals surface area contributed by atoms with Gasteiger partial charge in [0.1, 0.15) is 10.7 Å². The highest BCUT2D eigenvalue weighted by atomic mass is 32.1. The van der Waals surface area contributed by atoms with Crippen molar-refractivity contribution >= 4 is 17.2 Å². The Bertz CT molecular complexity index is 723. The summed E-state index contributed by atoms with van der Waals surface area (Å²) in [6.07, 6.45) is 0. The Balaban J connectivity index is 1.67. The first kappa shape index (κ1) is 13.5. The highest BCUT2D eigenvalue weighted by Crippen LogP contribution is 2.23. The highest BCUT2D eigenvalue weighted by Gasteiger charge is 2.11. The number of nitrogens with one attached hydrogen (secondary N) is 1. The van der Waals surface area contributed by atoms with E-state index in [0.29, 0.717) is 12.2 Å². The molecule has 3 nitrogen and oxygen atoms in total. The van der Waals surface area contributed by atoms with Gasteiger partial charge in [-0.1, -0.05) is 60.7 Å². The van der Waals surface area contributed by atoms with Gasteiger partial charge >= 0.3 is 0 Å². The smallest absolute Gasteiger partial charge is 0.271 e. The molecule has 0 atom stereocenters. The number of benzene rings is 2. The van der Waals surface area contributed by atoms with Gasteiger partial charge in [0.15, 0.2) is 0 Å². The van der Waals surface area contributed by atoms with Gasteiger partial charge in [0.2, 0.25) is 0 Å². The molecule has 2 aromatic carbocycles. The van der Waals surface area contributed by atoms with Crippen LogP contribution in [0.15, 0.2) is 66.0 Å². The summed E-state index contributed by atoms with van der Waals surface area (Å²) in [7, 11) is 0. The van der Waals surface area contributed by atoms with Crippen LogP contribution in [0.5, 0.6) is 0 Å². The summed E-state index contributed by atoms with van der Waals surface area (Å²) in [6, 6.07) is 19.7. The van der Waals surface area contributed by atoms with Crippen molar-refractivity contribution in [2.24, 2.45) is 0 Å². The van der Waals surface area contributed by atoms with Crippen molar-refractivity contribution in [2.45, 2.75) is 6.54 Å². The van der Waals surface area contributed by atoms with E-state index in [1.165, 1.54) is 11.3 Å². The monoisotopic (exact) mass is 294 g/mol. The maximum atomic E-state index is 12.1. The predicted octanol–water partition coefficient (Wildman–Crippen LogP) is 3.74. The predicted molar refractivity (Wildman–Crippen MR) is 85.2 cm³/mol. The molecule has 3 rings (SSSR count). The Labute approximate surface area is 127 Å². The molecule has 0 saturated carbocycles. The number of hydrogen-bond acceptors (Lipinski definition) is 3. The van der Waals surface area contributed by atoms with Gasteiger partial charge in [-0.3, -0.25) is 4.79 Å². The first-order chi connectivity index (χ1) is 10.3. The molecule has 1 N–H and O–H groups in total. The Hall–Kier alpha value is -2.46. The zero-order valence-electron chi connectivity index (χ0n) is 11.3. The molecule has 104 valence electrons. The molecule has 3 aromatic rings. The van der Waals surface area contributed by atoms with Crippen molar-refractivity contribution in [3.8, 4) is 10.6 Å². The van der Waals surface area contributed by atoms with E-state index in [1.807, 2.05) is 60.7 Å². The highest BCUT2D eigenvalue weighted by molar-refractivity contribution is 7.13. The van der Waals surface area contributed by atoms with Crippen LogP contribution in [0, 0.1) is 0 Å². The van der Waals surface area contributed by atoms with Crippen molar-refractivity contribution in [3.63, 3.8) is 0 Å². The second-order valence-corrected chi connectivity index (χ2v) is 5.43. The quantitative estimate of drug-likeness (QED) is 0.796. The summed E-state index contributed by atoms with van der Waals surface area (Å²) in [5, 5.41) is 5.54. The van der Waals surface area contributed by atoms with Crippen LogP contribution in [0.1, 0.15) is 16.1 Å². The van der Waals surface area contributed by atoms with Crippen molar-refractivity contribution in [2.75, 3.05) is 0 Å². The molecule has 0 aliphatic carbocycles. The Morgan fingerprint density at radius 3 is 2.38 bits per heavy atom. The standard InChI is InChI=1S/C17H14N2OS/c20-16(18-11-13-7-3-1-4-8-13)15-12-21-17(19-15)14-9-5-2-6-10-14/h1-10,12H,11H2,(H,18,20). The van der Waals surface area contributed by atoms with E-state index in [0.717, 1.165) is 16.1 Å². The van der Waals surface area contributed by atoms with Gasteiger partial charge in [-0.15, -0.1) is 11.3 Å². The minimum absolute atomic E-state index is 0.141. The molecule has 0 saturated heterocycles. The van der Waals surface area contributed by atoms with Crippen LogP contribution in [-0.4, -0.2) is 10.9 Å². The normalized spacial score (nSPS) is 10.3. The lowest BCUT2D eigenvalue weighted by molar-refractivity contribution is 0.0946. The summed E-state index contributed by atoms with van der Waals surface area (Å²) < 4.78 is 0. The van der Waals surface area contributed by atoms with Gasteiger partial charge in [-0.25, -0.2) is 4.98 Å². The molecule has 21 heavy (non-hydrogen) atoms. The minimum atomic E-state index is -0.141. The first-order valence-corrected chi connectivity index (χ1v) is 7.54. The van der Waals surface area contributed by atoms with Crippen LogP contribution in [0.4, 0.5) is 0 Å². The molecule has 0 fully saturated rings. The molecule has 1 aromatic heterocycles. The third-order valence-corrected chi connectivity index (χ3v) is 3.94. The second-order valence-electron chi connectivity index (χ2n) is 4.57. The van der Waals surface area contributed by atoms with E-state index in [4.69, 9.17) is 0 Å². The maximum absolute atomic E-state index is 12.1. The molecular weight excluding hydrogens is 280 g/mol. The van der Waals surface area contributed by atoms with Crippen LogP contribution in [-0.2, 0) is 6.54 Å². The molecule has 0 aliphatic rings. The van der Waals surface area contributed by atoms with E-state index in [1.54, 1.807) is 5.38 Å². The topological polar surface area (TPSA) is 42.0 Å². The number of amides is 1. The van der Waals surface area contributed by atoms with Crippen molar-refractivity contribution in [1.29, 1.82) is 0 Å². The molecule has 0 bridgehead atoms. The number of thiazole rings is 1. The van der Waals surface area contributed by atoms with Gasteiger partial charge < -0.3 is 5.32 Å². The van der Waals surface area contributed by atoms with Crippen LogP contribution in [0.3, 0.4) is 0 Å². The van der Waals surface area contributed by atoms with Gasteiger partial charge in [0, 0.05) is 17.5 Å². The molecule has 0 spiro atoms. The summed E-state index contributed by atoms with van der Waals surface area (Å²) in [5.41, 5.74) is 2.57. The van der Waals surface area contributed by atoms with Crippen LogP contribution in [0.2, 0.25) is 0 Å². The van der Waals surface area contributed by atoms with Crippen molar-refractivity contribution in [1.82, 2.24) is 10.3 Å². The number of carbonyl (C=O) groups excluding carboxylic acids is 1. The summed E-state index contributed by atoms with van der Waals surface area (Å²) in [5.74, 6) is -0.141. The molecule has 1 heterocycles. The fraction of sp³-hybridized carbons (Fsp3) is 0.0588. The lowest BCUT2D eigenvalue weighted by Gasteiger charge is -2.02. The average Bonchev–Trinajstić information content (AvgIpc) is 3.04. The SMILES string of the molecule is O=C(NCc1ccccc1)c1csc(-c2ccccc2)n1. The first-order valence-electron chi connectivity index (χ1n) is 6.66. The number of rotatable bonds is 4. The molecule has 1 amide bonds. The van der Waals surface area contributed by atoms with Gasteiger partial charge in [-0.05, 0) is 5.56 Å². The van der Waals surface area contributed by atoms with Crippen molar-refractivity contribution in [3.05, 3.63) is 77.3 Å². The van der Waals surface area contributed by atoms with Crippen LogP contribution in [0.25, 0.3) is 10.6 Å². The lowest BCUT2D eigenvalue weighted by atomic mass is 10.2. The van der Waals surface area contributed by atoms with E-state index < -0.39 is 0 Å². The molecule has 0 aliphatic heterocycles. The largest absolute Gasteiger partial charge is 0.347 e. The fourth-order valence-electron chi connectivity index (χ4n) is 1.96. The summed E-state index contributed by atoms with van der Waals surface area (Å²) >= 11 is 1.48. The maximum Gasteiger partial charge on any atom is 0.271 e. The van der Waals surface area contributed by atoms with E-state index in [2.05, 4.69) is 10.3 Å². The third-order valence-electron chi connectivity index (χ3n) is 3.05. The molecule has 0 unspecified atom stereocenters. The van der Waals surface area contributed by atoms with Gasteiger partial charge in [0.25, 0.3) is 5.91 Å². The minimum Gasteiger partial charge on any atom is -0.347 e. The zero-order chi connectivity index (χ0) is 14.5. The Kier molecular flexibility index (Phi) is 4.07. The van der Waals surface area contributed by atoms with Crippen molar-refractivity contribution < 1.29 is 4.79 Å². The summed E-state index contributed by atoms with van der Waals surface area (Å²) in [4.78, 5) is 16.5. The van der Waals surface area contributed by atoms with E-state index in [9.17, 15) is 4.79 Å². The molecular formula is C17H14N2OS. The van der Waals surface area contributed by atoms with E-state index in [-0.39, 0.29) is 5.91 Å². The lowest BCUT2D eigenvalue weighted by Crippen LogP contribution is -2.23. The van der Waals surface area contributed by atoms with Crippen LogP contribution >= 0.6 is 11.3 Å². The molecule has 0 radical (unpaired) electrons. The van der Waals surface area contributed by atoms with Crippen LogP contribution < -0.4 is 5.32 Å². The Morgan fingerprint density at radius 1 is 1.00 bits per heavy atom.